The quantitative estimate of drug-likeness (QED) is 0.786. The van der Waals surface area contributed by atoms with Crippen molar-refractivity contribution in [1.82, 2.24) is 14.9 Å². The van der Waals surface area contributed by atoms with Crippen molar-refractivity contribution in [2.45, 2.75) is 26.3 Å². The first kappa shape index (κ1) is 15.0. The van der Waals surface area contributed by atoms with Crippen molar-refractivity contribution in [3.8, 4) is 0 Å². The number of carbonyl (C=O) groups excluding carboxylic acids is 1. The molecular weight excluding hydrogens is 292 g/mol. The zero-order valence-electron chi connectivity index (χ0n) is 13.1. The van der Waals surface area contributed by atoms with Gasteiger partial charge in [-0.05, 0) is 19.4 Å². The number of nitrogens with one attached hydrogen (secondary N) is 1. The van der Waals surface area contributed by atoms with Crippen LogP contribution in [0.5, 0.6) is 0 Å². The lowest BCUT2D eigenvalue weighted by molar-refractivity contribution is -0.115. The Labute approximate surface area is 134 Å². The number of aryl methyl sites for hydroxylation is 1. The van der Waals surface area contributed by atoms with E-state index in [1.54, 1.807) is 12.1 Å². The largest absolute Gasteiger partial charge is 0.361 e. The number of amides is 1. The van der Waals surface area contributed by atoms with Crippen molar-refractivity contribution in [2.75, 3.05) is 5.32 Å². The van der Waals surface area contributed by atoms with Crippen LogP contribution in [0.15, 0.2) is 53.2 Å². The molecule has 0 aliphatic heterocycles. The zero-order valence-corrected chi connectivity index (χ0v) is 13.1. The van der Waals surface area contributed by atoms with Crippen LogP contribution in [0.2, 0.25) is 0 Å². The maximum absolute atomic E-state index is 12.0. The summed E-state index contributed by atoms with van der Waals surface area (Å²) >= 11 is 0. The second kappa shape index (κ2) is 6.48. The molecule has 0 spiro atoms. The number of carbonyl (C=O) groups is 1. The van der Waals surface area contributed by atoms with Crippen LogP contribution in [0, 0.1) is 6.92 Å². The fourth-order valence-electron chi connectivity index (χ4n) is 2.35. The van der Waals surface area contributed by atoms with E-state index < -0.39 is 0 Å². The SMILES string of the molecule is Cc1cc(CC(=O)Nc2ccn(C(C)c3ccccc3)n2)on1. The van der Waals surface area contributed by atoms with Gasteiger partial charge in [0.2, 0.25) is 5.91 Å². The summed E-state index contributed by atoms with van der Waals surface area (Å²) in [6.45, 7) is 3.88. The second-order valence-corrected chi connectivity index (χ2v) is 5.43. The zero-order chi connectivity index (χ0) is 16.2. The summed E-state index contributed by atoms with van der Waals surface area (Å²) < 4.78 is 6.86. The first-order chi connectivity index (χ1) is 11.1. The third-order valence-corrected chi connectivity index (χ3v) is 3.57. The Bertz CT molecular complexity index is 792. The molecule has 0 aliphatic carbocycles. The summed E-state index contributed by atoms with van der Waals surface area (Å²) in [6.07, 6.45) is 1.99. The molecule has 3 aromatic rings. The van der Waals surface area contributed by atoms with E-state index in [-0.39, 0.29) is 18.4 Å². The Hall–Kier alpha value is -2.89. The number of benzene rings is 1. The molecule has 6 nitrogen and oxygen atoms in total. The van der Waals surface area contributed by atoms with Gasteiger partial charge < -0.3 is 9.84 Å². The molecule has 6 heteroatoms. The van der Waals surface area contributed by atoms with E-state index in [9.17, 15) is 4.79 Å². The topological polar surface area (TPSA) is 73.0 Å². The van der Waals surface area contributed by atoms with Crippen LogP contribution in [0.25, 0.3) is 0 Å². The highest BCUT2D eigenvalue weighted by atomic mass is 16.5. The van der Waals surface area contributed by atoms with Gasteiger partial charge in [0, 0.05) is 18.3 Å². The van der Waals surface area contributed by atoms with E-state index in [2.05, 4.69) is 34.6 Å². The number of hydrogen-bond donors (Lipinski definition) is 1. The summed E-state index contributed by atoms with van der Waals surface area (Å²) in [4.78, 5) is 12.0. The molecule has 2 aromatic heterocycles. The van der Waals surface area contributed by atoms with Gasteiger partial charge in [0.25, 0.3) is 0 Å². The molecule has 0 aliphatic rings. The van der Waals surface area contributed by atoms with E-state index in [4.69, 9.17) is 4.52 Å². The number of anilines is 1. The summed E-state index contributed by atoms with van der Waals surface area (Å²) in [5.74, 6) is 0.880. The molecule has 1 unspecified atom stereocenters. The molecular formula is C17H18N4O2. The van der Waals surface area contributed by atoms with Crippen LogP contribution in [0.3, 0.4) is 0 Å². The fraction of sp³-hybridized carbons (Fsp3) is 0.235. The van der Waals surface area contributed by atoms with Crippen molar-refractivity contribution in [3.05, 3.63) is 65.7 Å². The van der Waals surface area contributed by atoms with Crippen molar-refractivity contribution in [3.63, 3.8) is 0 Å². The van der Waals surface area contributed by atoms with Gasteiger partial charge in [-0.25, -0.2) is 0 Å². The Morgan fingerprint density at radius 3 is 2.78 bits per heavy atom. The Balaban J connectivity index is 1.64. The summed E-state index contributed by atoms with van der Waals surface area (Å²) in [7, 11) is 0. The predicted octanol–water partition coefficient (Wildman–Crippen LogP) is 2.97. The Morgan fingerprint density at radius 2 is 2.09 bits per heavy atom. The van der Waals surface area contributed by atoms with Gasteiger partial charge in [0.15, 0.2) is 5.82 Å². The number of aromatic nitrogens is 3. The standard InChI is InChI=1S/C17H18N4O2/c1-12-10-15(23-20-12)11-17(22)18-16-8-9-21(19-16)13(2)14-6-4-3-5-7-14/h3-10,13H,11H2,1-2H3,(H,18,19,22). The monoisotopic (exact) mass is 310 g/mol. The number of rotatable bonds is 5. The minimum Gasteiger partial charge on any atom is -0.361 e. The molecule has 2 heterocycles. The fourth-order valence-corrected chi connectivity index (χ4v) is 2.35. The molecule has 0 saturated carbocycles. The van der Waals surface area contributed by atoms with Crippen LogP contribution in [-0.4, -0.2) is 20.8 Å². The van der Waals surface area contributed by atoms with Crippen LogP contribution in [0.1, 0.15) is 30.0 Å². The Morgan fingerprint density at radius 1 is 1.30 bits per heavy atom. The highest BCUT2D eigenvalue weighted by molar-refractivity contribution is 5.90. The van der Waals surface area contributed by atoms with Crippen LogP contribution >= 0.6 is 0 Å². The maximum Gasteiger partial charge on any atom is 0.233 e. The van der Waals surface area contributed by atoms with Gasteiger partial charge in [-0.2, -0.15) is 5.10 Å². The maximum atomic E-state index is 12.0. The van der Waals surface area contributed by atoms with Gasteiger partial charge >= 0.3 is 0 Å². The summed E-state index contributed by atoms with van der Waals surface area (Å²) in [5.41, 5.74) is 1.92. The lowest BCUT2D eigenvalue weighted by Crippen LogP contribution is -2.15. The molecule has 0 bridgehead atoms. The molecule has 23 heavy (non-hydrogen) atoms. The normalized spacial score (nSPS) is 12.1. The summed E-state index contributed by atoms with van der Waals surface area (Å²) in [5, 5.41) is 10.9. The molecule has 1 aromatic carbocycles. The second-order valence-electron chi connectivity index (χ2n) is 5.43. The van der Waals surface area contributed by atoms with Crippen molar-refractivity contribution >= 4 is 11.7 Å². The molecule has 1 N–H and O–H groups in total. The predicted molar refractivity (Wildman–Crippen MR) is 86.1 cm³/mol. The highest BCUT2D eigenvalue weighted by Gasteiger charge is 2.12. The van der Waals surface area contributed by atoms with Gasteiger partial charge in [-0.1, -0.05) is 35.5 Å². The van der Waals surface area contributed by atoms with Gasteiger partial charge in [0.05, 0.1) is 18.2 Å². The summed E-state index contributed by atoms with van der Waals surface area (Å²) in [6, 6.07) is 13.7. The van der Waals surface area contributed by atoms with Crippen molar-refractivity contribution in [1.29, 1.82) is 0 Å². The average Bonchev–Trinajstić information content (AvgIpc) is 3.16. The van der Waals surface area contributed by atoms with Crippen LogP contribution < -0.4 is 5.32 Å². The van der Waals surface area contributed by atoms with Gasteiger partial charge in [0.1, 0.15) is 5.76 Å². The Kier molecular flexibility index (Phi) is 4.23. The van der Waals surface area contributed by atoms with Crippen LogP contribution in [-0.2, 0) is 11.2 Å². The number of nitrogens with zero attached hydrogens (tertiary/aromatic N) is 3. The lowest BCUT2D eigenvalue weighted by atomic mass is 10.1. The van der Waals surface area contributed by atoms with Crippen LogP contribution in [0.4, 0.5) is 5.82 Å². The third-order valence-electron chi connectivity index (χ3n) is 3.57. The molecule has 118 valence electrons. The third kappa shape index (κ3) is 3.66. The van der Waals surface area contributed by atoms with E-state index in [1.165, 1.54) is 0 Å². The van der Waals surface area contributed by atoms with E-state index >= 15 is 0 Å². The molecule has 0 fully saturated rings. The van der Waals surface area contributed by atoms with Gasteiger partial charge in [-0.15, -0.1) is 0 Å². The van der Waals surface area contributed by atoms with E-state index in [1.807, 2.05) is 36.0 Å². The minimum atomic E-state index is -0.182. The van der Waals surface area contributed by atoms with E-state index in [0.29, 0.717) is 11.6 Å². The minimum absolute atomic E-state index is 0.0961. The average molecular weight is 310 g/mol. The number of hydrogen-bond acceptors (Lipinski definition) is 4. The van der Waals surface area contributed by atoms with Crippen molar-refractivity contribution < 1.29 is 9.32 Å². The first-order valence-electron chi connectivity index (χ1n) is 7.44. The molecule has 0 saturated heterocycles. The molecule has 1 atom stereocenters. The first-order valence-corrected chi connectivity index (χ1v) is 7.44. The highest BCUT2D eigenvalue weighted by Crippen LogP contribution is 2.18. The molecule has 1 amide bonds. The van der Waals surface area contributed by atoms with Gasteiger partial charge in [-0.3, -0.25) is 9.48 Å². The smallest absolute Gasteiger partial charge is 0.233 e. The molecule has 3 rings (SSSR count). The molecule has 0 radical (unpaired) electrons. The lowest BCUT2D eigenvalue weighted by Gasteiger charge is -2.12. The van der Waals surface area contributed by atoms with Crippen molar-refractivity contribution in [2.24, 2.45) is 0 Å². The van der Waals surface area contributed by atoms with E-state index in [0.717, 1.165) is 11.3 Å².